The van der Waals surface area contributed by atoms with Crippen molar-refractivity contribution in [1.82, 2.24) is 9.97 Å². The Morgan fingerprint density at radius 3 is 2.88 bits per heavy atom. The van der Waals surface area contributed by atoms with E-state index < -0.39 is 12.0 Å². The summed E-state index contributed by atoms with van der Waals surface area (Å²) in [6, 6.07) is -1.10. The number of carbonyl (C=O) groups is 1. The number of hydrogen-bond acceptors (Lipinski definition) is 6. The topological polar surface area (TPSA) is 102 Å². The summed E-state index contributed by atoms with van der Waals surface area (Å²) in [7, 11) is 0. The minimum absolute atomic E-state index is 0.432. The molecule has 3 N–H and O–H groups in total. The molecular weight excluding hydrogens is 224 g/mol. The Labute approximate surface area is 98.2 Å². The molecule has 1 aliphatic rings. The standard InChI is InChI=1S/C10H14N4O3/c11-8(10(15)16)7-5-12-6-13-9(7)14-1-3-17-4-2-14/h5-6,8H,1-4,11H2,(H,15,16). The van der Waals surface area contributed by atoms with Gasteiger partial charge in [-0.05, 0) is 0 Å². The molecule has 2 rings (SSSR count). The van der Waals surface area contributed by atoms with Crippen molar-refractivity contribution in [3.05, 3.63) is 18.1 Å². The summed E-state index contributed by atoms with van der Waals surface area (Å²) in [5.74, 6) is -0.507. The number of nitrogens with two attached hydrogens (primary N) is 1. The quantitative estimate of drug-likeness (QED) is 0.724. The Balaban J connectivity index is 2.29. The lowest BCUT2D eigenvalue weighted by molar-refractivity contribution is -0.138. The monoisotopic (exact) mass is 238 g/mol. The lowest BCUT2D eigenvalue weighted by Gasteiger charge is -2.29. The number of aliphatic carboxylic acids is 1. The molecule has 17 heavy (non-hydrogen) atoms. The van der Waals surface area contributed by atoms with Gasteiger partial charge in [0.1, 0.15) is 18.2 Å². The van der Waals surface area contributed by atoms with Gasteiger partial charge in [0.25, 0.3) is 0 Å². The summed E-state index contributed by atoms with van der Waals surface area (Å²) in [6.07, 6.45) is 2.85. The van der Waals surface area contributed by atoms with Crippen LogP contribution in [0.3, 0.4) is 0 Å². The van der Waals surface area contributed by atoms with Gasteiger partial charge in [0.15, 0.2) is 0 Å². The average molecular weight is 238 g/mol. The van der Waals surface area contributed by atoms with Crippen molar-refractivity contribution in [2.24, 2.45) is 5.73 Å². The summed E-state index contributed by atoms with van der Waals surface area (Å²) in [5, 5.41) is 8.93. The van der Waals surface area contributed by atoms with Gasteiger partial charge in [-0.2, -0.15) is 0 Å². The highest BCUT2D eigenvalue weighted by Crippen LogP contribution is 2.22. The van der Waals surface area contributed by atoms with Crippen LogP contribution in [0.25, 0.3) is 0 Å². The van der Waals surface area contributed by atoms with Crippen molar-refractivity contribution >= 4 is 11.8 Å². The summed E-state index contributed by atoms with van der Waals surface area (Å²) in [4.78, 5) is 20.8. The lowest BCUT2D eigenvalue weighted by Crippen LogP contribution is -2.38. The fourth-order valence-electron chi connectivity index (χ4n) is 1.73. The zero-order valence-corrected chi connectivity index (χ0v) is 9.24. The minimum Gasteiger partial charge on any atom is -0.480 e. The Kier molecular flexibility index (Phi) is 3.50. The number of nitrogens with zero attached hydrogens (tertiary/aromatic N) is 3. The number of ether oxygens (including phenoxy) is 1. The molecule has 92 valence electrons. The van der Waals surface area contributed by atoms with Crippen LogP contribution in [0.1, 0.15) is 11.6 Å². The molecule has 0 aliphatic carbocycles. The van der Waals surface area contributed by atoms with Gasteiger partial charge >= 0.3 is 5.97 Å². The highest BCUT2D eigenvalue weighted by molar-refractivity contribution is 5.77. The van der Waals surface area contributed by atoms with Gasteiger partial charge in [0, 0.05) is 24.8 Å². The van der Waals surface area contributed by atoms with Crippen molar-refractivity contribution in [3.63, 3.8) is 0 Å². The van der Waals surface area contributed by atoms with E-state index in [1.807, 2.05) is 4.90 Å². The molecule has 1 aromatic rings. The fraction of sp³-hybridized carbons (Fsp3) is 0.500. The largest absolute Gasteiger partial charge is 0.480 e. The van der Waals surface area contributed by atoms with Crippen LogP contribution < -0.4 is 10.6 Å². The fourth-order valence-corrected chi connectivity index (χ4v) is 1.73. The normalized spacial score (nSPS) is 17.8. The van der Waals surface area contributed by atoms with Gasteiger partial charge in [0.05, 0.1) is 13.2 Å². The first kappa shape index (κ1) is 11.7. The van der Waals surface area contributed by atoms with Crippen LogP contribution in [-0.4, -0.2) is 47.3 Å². The molecule has 1 aliphatic heterocycles. The van der Waals surface area contributed by atoms with Crippen molar-refractivity contribution in [2.75, 3.05) is 31.2 Å². The maximum atomic E-state index is 10.9. The van der Waals surface area contributed by atoms with E-state index in [0.717, 1.165) is 0 Å². The van der Waals surface area contributed by atoms with Crippen LogP contribution in [0.5, 0.6) is 0 Å². The molecule has 0 amide bonds. The second kappa shape index (κ2) is 5.07. The lowest BCUT2D eigenvalue weighted by atomic mass is 10.1. The van der Waals surface area contributed by atoms with Crippen molar-refractivity contribution < 1.29 is 14.6 Å². The maximum Gasteiger partial charge on any atom is 0.325 e. The molecule has 2 heterocycles. The number of carboxylic acids is 1. The zero-order chi connectivity index (χ0) is 12.3. The first-order valence-corrected chi connectivity index (χ1v) is 5.31. The van der Waals surface area contributed by atoms with Crippen LogP contribution >= 0.6 is 0 Å². The number of morpholine rings is 1. The Bertz CT molecular complexity index is 406. The second-order valence-corrected chi connectivity index (χ2v) is 3.72. The van der Waals surface area contributed by atoms with E-state index in [-0.39, 0.29) is 0 Å². The highest BCUT2D eigenvalue weighted by atomic mass is 16.5. The number of aromatic nitrogens is 2. The molecule has 0 aromatic carbocycles. The Morgan fingerprint density at radius 1 is 1.53 bits per heavy atom. The molecule has 0 spiro atoms. The SMILES string of the molecule is NC(C(=O)O)c1cncnc1N1CCOCC1. The van der Waals surface area contributed by atoms with Crippen LogP contribution in [0, 0.1) is 0 Å². The highest BCUT2D eigenvalue weighted by Gasteiger charge is 2.23. The van der Waals surface area contributed by atoms with Gasteiger partial charge in [-0.3, -0.25) is 4.79 Å². The van der Waals surface area contributed by atoms with Gasteiger partial charge in [-0.15, -0.1) is 0 Å². The summed E-state index contributed by atoms with van der Waals surface area (Å²) in [5.41, 5.74) is 6.04. The zero-order valence-electron chi connectivity index (χ0n) is 9.24. The van der Waals surface area contributed by atoms with Crippen molar-refractivity contribution in [2.45, 2.75) is 6.04 Å². The Hall–Kier alpha value is -1.73. The van der Waals surface area contributed by atoms with E-state index in [4.69, 9.17) is 15.6 Å². The molecule has 7 nitrogen and oxygen atoms in total. The van der Waals surface area contributed by atoms with E-state index in [0.29, 0.717) is 37.7 Å². The molecule has 1 aromatic heterocycles. The molecule has 1 atom stereocenters. The third-order valence-electron chi connectivity index (χ3n) is 2.63. The van der Waals surface area contributed by atoms with Crippen LogP contribution in [0.4, 0.5) is 5.82 Å². The average Bonchev–Trinajstić information content (AvgIpc) is 2.39. The van der Waals surface area contributed by atoms with E-state index in [1.54, 1.807) is 0 Å². The first-order chi connectivity index (χ1) is 8.20. The van der Waals surface area contributed by atoms with Crippen LogP contribution in [0.15, 0.2) is 12.5 Å². The number of anilines is 1. The molecule has 7 heteroatoms. The van der Waals surface area contributed by atoms with Crippen LogP contribution in [-0.2, 0) is 9.53 Å². The molecular formula is C10H14N4O3. The second-order valence-electron chi connectivity index (χ2n) is 3.72. The van der Waals surface area contributed by atoms with E-state index in [9.17, 15) is 4.79 Å². The summed E-state index contributed by atoms with van der Waals surface area (Å²) < 4.78 is 5.24. The molecule has 1 fully saturated rings. The predicted molar refractivity (Wildman–Crippen MR) is 59.6 cm³/mol. The number of rotatable bonds is 3. The predicted octanol–water partition coefficient (Wildman–Crippen LogP) is -0.602. The third-order valence-corrected chi connectivity index (χ3v) is 2.63. The smallest absolute Gasteiger partial charge is 0.325 e. The minimum atomic E-state index is -1.10. The molecule has 1 unspecified atom stereocenters. The first-order valence-electron chi connectivity index (χ1n) is 5.31. The summed E-state index contributed by atoms with van der Waals surface area (Å²) >= 11 is 0. The van der Waals surface area contributed by atoms with Gasteiger partial charge in [-0.25, -0.2) is 9.97 Å². The molecule has 0 radical (unpaired) electrons. The third kappa shape index (κ3) is 2.51. The van der Waals surface area contributed by atoms with Crippen LogP contribution in [0.2, 0.25) is 0 Å². The van der Waals surface area contributed by atoms with Crippen molar-refractivity contribution in [3.8, 4) is 0 Å². The summed E-state index contributed by atoms with van der Waals surface area (Å²) in [6.45, 7) is 2.56. The molecule has 0 saturated carbocycles. The van der Waals surface area contributed by atoms with E-state index >= 15 is 0 Å². The maximum absolute atomic E-state index is 10.9. The van der Waals surface area contributed by atoms with Gasteiger partial charge in [-0.1, -0.05) is 0 Å². The number of hydrogen-bond donors (Lipinski definition) is 2. The number of carboxylic acid groups (broad SMARTS) is 1. The molecule has 1 saturated heterocycles. The van der Waals surface area contributed by atoms with E-state index in [1.165, 1.54) is 12.5 Å². The Morgan fingerprint density at radius 2 is 2.24 bits per heavy atom. The van der Waals surface area contributed by atoms with Gasteiger partial charge in [0.2, 0.25) is 0 Å². The van der Waals surface area contributed by atoms with E-state index in [2.05, 4.69) is 9.97 Å². The molecule has 0 bridgehead atoms. The van der Waals surface area contributed by atoms with Gasteiger partial charge < -0.3 is 20.5 Å². The van der Waals surface area contributed by atoms with Crippen molar-refractivity contribution in [1.29, 1.82) is 0 Å².